The van der Waals surface area contributed by atoms with Crippen LogP contribution in [0.3, 0.4) is 0 Å². The number of nitrogens with zero attached hydrogens (tertiary/aromatic N) is 4. The molecule has 3 aromatic heterocycles. The van der Waals surface area contributed by atoms with Gasteiger partial charge in [-0.05, 0) is 49.7 Å². The molecule has 0 saturated carbocycles. The molecule has 0 fully saturated rings. The molecule has 0 spiro atoms. The number of nitriles is 1. The smallest absolute Gasteiger partial charge is 0.142 e. The number of H-pyrrole nitrogens is 1. The van der Waals surface area contributed by atoms with Gasteiger partial charge in [0, 0.05) is 17.8 Å². The molecule has 0 aliphatic heterocycles. The number of thiophene rings is 1. The summed E-state index contributed by atoms with van der Waals surface area (Å²) in [5, 5.41) is 18.9. The number of pyridine rings is 1. The summed E-state index contributed by atoms with van der Waals surface area (Å²) in [6.07, 6.45) is 0.848. The summed E-state index contributed by atoms with van der Waals surface area (Å²) in [5.41, 5.74) is 10.9. The van der Waals surface area contributed by atoms with Crippen molar-refractivity contribution in [2.24, 2.45) is 0 Å². The monoisotopic (exact) mass is 352 g/mol. The van der Waals surface area contributed by atoms with E-state index in [0.29, 0.717) is 16.8 Å². The second-order valence-electron chi connectivity index (χ2n) is 6.12. The van der Waals surface area contributed by atoms with Crippen molar-refractivity contribution >= 4 is 17.2 Å². The molecular weight excluding hydrogens is 332 g/mol. The minimum atomic E-state index is 0.235. The first-order valence-electron chi connectivity index (χ1n) is 7.99. The minimum absolute atomic E-state index is 0.235. The maximum absolute atomic E-state index is 9.48. The largest absolute Gasteiger partial charge is 0.383 e. The van der Waals surface area contributed by atoms with Crippen molar-refractivity contribution in [3.63, 3.8) is 0 Å². The molecule has 128 valence electrons. The van der Waals surface area contributed by atoms with Crippen LogP contribution in [0.2, 0.25) is 0 Å². The van der Waals surface area contributed by atoms with Crippen LogP contribution >= 0.6 is 11.3 Å². The fourth-order valence-corrected chi connectivity index (χ4v) is 3.51. The second-order valence-corrected chi connectivity index (χ2v) is 7.03. The van der Waals surface area contributed by atoms with E-state index in [0.717, 1.165) is 29.2 Å². The van der Waals surface area contributed by atoms with Gasteiger partial charge in [-0.1, -0.05) is 6.92 Å². The third-order valence-electron chi connectivity index (χ3n) is 3.85. The molecule has 0 bridgehead atoms. The molecular formula is C18H20N6S. The van der Waals surface area contributed by atoms with Crippen LogP contribution < -0.4 is 5.73 Å². The molecule has 0 radical (unpaired) electrons. The average Bonchev–Trinajstić information content (AvgIpc) is 3.22. The van der Waals surface area contributed by atoms with Gasteiger partial charge >= 0.3 is 0 Å². The van der Waals surface area contributed by atoms with Gasteiger partial charge in [-0.2, -0.15) is 10.4 Å². The van der Waals surface area contributed by atoms with E-state index in [-0.39, 0.29) is 5.82 Å². The predicted molar refractivity (Wildman–Crippen MR) is 101 cm³/mol. The zero-order valence-electron chi connectivity index (χ0n) is 14.5. The topological polar surface area (TPSA) is 94.6 Å². The second kappa shape index (κ2) is 7.05. The van der Waals surface area contributed by atoms with Crippen LogP contribution in [0.1, 0.15) is 23.7 Å². The highest BCUT2D eigenvalue weighted by Gasteiger charge is 2.16. The number of nitrogens with two attached hydrogens (primary N) is 1. The van der Waals surface area contributed by atoms with Gasteiger partial charge < -0.3 is 10.6 Å². The lowest BCUT2D eigenvalue weighted by Gasteiger charge is -2.07. The minimum Gasteiger partial charge on any atom is -0.383 e. The van der Waals surface area contributed by atoms with Crippen LogP contribution in [0.15, 0.2) is 23.6 Å². The Morgan fingerprint density at radius 1 is 1.28 bits per heavy atom. The maximum atomic E-state index is 9.48. The van der Waals surface area contributed by atoms with Gasteiger partial charge in [0.2, 0.25) is 0 Å². The number of aryl methyl sites for hydroxylation is 1. The van der Waals surface area contributed by atoms with Gasteiger partial charge in [0.25, 0.3) is 0 Å². The number of nitrogen functional groups attached to an aromatic ring is 1. The van der Waals surface area contributed by atoms with Gasteiger partial charge in [-0.15, -0.1) is 11.3 Å². The van der Waals surface area contributed by atoms with E-state index < -0.39 is 0 Å². The standard InChI is InChI=1S/C18H20N6S/c1-4-12-6-15(23-22-12)13-7-16(21-18(20)14(13)8-19)17-5-11(10-25-17)9-24(2)3/h5-7,10H,4,9H2,1-3H3,(H2,20,21)(H,22,23). The summed E-state index contributed by atoms with van der Waals surface area (Å²) in [5.74, 6) is 0.235. The number of anilines is 1. The van der Waals surface area contributed by atoms with Crippen molar-refractivity contribution in [2.45, 2.75) is 19.9 Å². The molecule has 0 aromatic carbocycles. The van der Waals surface area contributed by atoms with Crippen LogP contribution in [0.4, 0.5) is 5.82 Å². The van der Waals surface area contributed by atoms with Crippen LogP contribution in [0, 0.1) is 11.3 Å². The van der Waals surface area contributed by atoms with Crippen molar-refractivity contribution in [1.29, 1.82) is 5.26 Å². The van der Waals surface area contributed by atoms with Crippen molar-refractivity contribution in [3.8, 4) is 27.9 Å². The van der Waals surface area contributed by atoms with E-state index >= 15 is 0 Å². The molecule has 0 unspecified atom stereocenters. The summed E-state index contributed by atoms with van der Waals surface area (Å²) < 4.78 is 0. The molecule has 3 N–H and O–H groups in total. The van der Waals surface area contributed by atoms with E-state index in [1.165, 1.54) is 5.56 Å². The molecule has 0 aliphatic carbocycles. The highest BCUT2D eigenvalue weighted by atomic mass is 32.1. The SMILES string of the molecule is CCc1cc(-c2cc(-c3cc(CN(C)C)cs3)nc(N)c2C#N)n[nH]1. The zero-order valence-corrected chi connectivity index (χ0v) is 15.3. The maximum Gasteiger partial charge on any atom is 0.142 e. The molecule has 6 nitrogen and oxygen atoms in total. The van der Waals surface area contributed by atoms with Gasteiger partial charge in [-0.25, -0.2) is 4.98 Å². The van der Waals surface area contributed by atoms with E-state index in [1.807, 2.05) is 33.2 Å². The first-order chi connectivity index (χ1) is 12.0. The lowest BCUT2D eigenvalue weighted by Crippen LogP contribution is -2.09. The number of rotatable bonds is 5. The van der Waals surface area contributed by atoms with Gasteiger partial charge in [0.05, 0.1) is 16.3 Å². The summed E-state index contributed by atoms with van der Waals surface area (Å²) in [7, 11) is 4.08. The first-order valence-corrected chi connectivity index (χ1v) is 8.87. The molecule has 25 heavy (non-hydrogen) atoms. The molecule has 0 amide bonds. The van der Waals surface area contributed by atoms with E-state index in [2.05, 4.69) is 37.6 Å². The Balaban J connectivity index is 2.07. The quantitative estimate of drug-likeness (QED) is 0.735. The Bertz CT molecular complexity index is 931. The van der Waals surface area contributed by atoms with Crippen molar-refractivity contribution < 1.29 is 0 Å². The Hall–Kier alpha value is -2.69. The number of aromatic nitrogens is 3. The van der Waals surface area contributed by atoms with E-state index in [9.17, 15) is 5.26 Å². The fraction of sp³-hybridized carbons (Fsp3) is 0.278. The average molecular weight is 352 g/mol. The van der Waals surface area contributed by atoms with Gasteiger partial charge in [0.1, 0.15) is 17.5 Å². The number of hydrogen-bond donors (Lipinski definition) is 2. The summed E-state index contributed by atoms with van der Waals surface area (Å²) in [6.45, 7) is 2.92. The number of hydrogen-bond acceptors (Lipinski definition) is 6. The summed E-state index contributed by atoms with van der Waals surface area (Å²) >= 11 is 1.62. The zero-order chi connectivity index (χ0) is 18.0. The van der Waals surface area contributed by atoms with Gasteiger partial charge in [0.15, 0.2) is 0 Å². The number of aromatic amines is 1. The van der Waals surface area contributed by atoms with E-state index in [1.54, 1.807) is 11.3 Å². The van der Waals surface area contributed by atoms with Crippen LogP contribution in [0.25, 0.3) is 21.8 Å². The Morgan fingerprint density at radius 3 is 2.72 bits per heavy atom. The number of nitrogens with one attached hydrogen (secondary N) is 1. The fourth-order valence-electron chi connectivity index (χ4n) is 2.65. The van der Waals surface area contributed by atoms with Gasteiger partial charge in [-0.3, -0.25) is 5.10 Å². The summed E-state index contributed by atoms with van der Waals surface area (Å²) in [6, 6.07) is 8.12. The molecule has 7 heteroatoms. The Labute approximate surface area is 150 Å². The highest BCUT2D eigenvalue weighted by molar-refractivity contribution is 7.13. The van der Waals surface area contributed by atoms with Crippen LogP contribution in [-0.4, -0.2) is 34.2 Å². The lowest BCUT2D eigenvalue weighted by molar-refractivity contribution is 0.403. The lowest BCUT2D eigenvalue weighted by atomic mass is 10.0. The van der Waals surface area contributed by atoms with E-state index in [4.69, 9.17) is 5.73 Å². The molecule has 3 aromatic rings. The van der Waals surface area contributed by atoms with Crippen LogP contribution in [-0.2, 0) is 13.0 Å². The Morgan fingerprint density at radius 2 is 2.08 bits per heavy atom. The van der Waals surface area contributed by atoms with Crippen molar-refractivity contribution in [1.82, 2.24) is 20.1 Å². The third kappa shape index (κ3) is 3.55. The highest BCUT2D eigenvalue weighted by Crippen LogP contribution is 2.33. The molecule has 3 heterocycles. The normalized spacial score (nSPS) is 11.0. The Kier molecular flexibility index (Phi) is 4.83. The third-order valence-corrected chi connectivity index (χ3v) is 4.85. The molecule has 0 aliphatic rings. The molecule has 0 saturated heterocycles. The molecule has 3 rings (SSSR count). The first kappa shape index (κ1) is 17.1. The van der Waals surface area contributed by atoms with Crippen molar-refractivity contribution in [2.75, 3.05) is 19.8 Å². The summed E-state index contributed by atoms with van der Waals surface area (Å²) in [4.78, 5) is 7.58. The van der Waals surface area contributed by atoms with Crippen LogP contribution in [0.5, 0.6) is 0 Å². The predicted octanol–water partition coefficient (Wildman–Crippen LogP) is 3.28. The molecule has 0 atom stereocenters. The van der Waals surface area contributed by atoms with Crippen molar-refractivity contribution in [3.05, 3.63) is 40.4 Å².